The molecule has 0 saturated carbocycles. The van der Waals surface area contributed by atoms with Crippen molar-refractivity contribution in [2.24, 2.45) is 0 Å². The zero-order valence-electron chi connectivity index (χ0n) is 12.1. The summed E-state index contributed by atoms with van der Waals surface area (Å²) < 4.78 is 0. The van der Waals surface area contributed by atoms with Crippen molar-refractivity contribution >= 4 is 17.2 Å². The van der Waals surface area contributed by atoms with Crippen LogP contribution in [0.3, 0.4) is 0 Å². The Morgan fingerprint density at radius 3 is 2.70 bits per heavy atom. The maximum absolute atomic E-state index is 12.1. The Balaban J connectivity index is 1.43. The molecule has 1 aliphatic carbocycles. The average molecular weight is 292 g/mol. The Hall–Kier alpha value is -0.870. The van der Waals surface area contributed by atoms with Gasteiger partial charge in [0.05, 0.1) is 6.54 Å². The minimum Gasteiger partial charge on any atom is -0.342 e. The van der Waals surface area contributed by atoms with E-state index in [1.807, 2.05) is 16.2 Å². The van der Waals surface area contributed by atoms with Crippen LogP contribution in [0, 0.1) is 0 Å². The Labute approximate surface area is 125 Å². The molecule has 1 aromatic heterocycles. The summed E-state index contributed by atoms with van der Waals surface area (Å²) in [7, 11) is 0. The Kier molecular flexibility index (Phi) is 4.73. The molecule has 110 valence electrons. The Morgan fingerprint density at radius 1 is 1.15 bits per heavy atom. The second-order valence-electron chi connectivity index (χ2n) is 5.91. The normalized spacial score (nSPS) is 18.9. The van der Waals surface area contributed by atoms with E-state index in [0.717, 1.165) is 19.6 Å². The molecule has 2 heterocycles. The number of fused-ring (bicyclic) bond motifs is 1. The van der Waals surface area contributed by atoms with Gasteiger partial charge in [0.2, 0.25) is 5.91 Å². The van der Waals surface area contributed by atoms with Crippen LogP contribution in [-0.4, -0.2) is 30.4 Å². The van der Waals surface area contributed by atoms with Gasteiger partial charge < -0.3 is 10.2 Å². The zero-order valence-corrected chi connectivity index (χ0v) is 12.9. The predicted octanol–water partition coefficient (Wildman–Crippen LogP) is 2.73. The van der Waals surface area contributed by atoms with E-state index in [1.54, 1.807) is 10.4 Å². The van der Waals surface area contributed by atoms with Gasteiger partial charge in [-0.1, -0.05) is 12.8 Å². The van der Waals surface area contributed by atoms with Gasteiger partial charge in [-0.3, -0.25) is 4.79 Å². The number of hydrogen-bond donors (Lipinski definition) is 1. The van der Waals surface area contributed by atoms with Gasteiger partial charge in [0.25, 0.3) is 0 Å². The fourth-order valence-electron chi connectivity index (χ4n) is 3.20. The molecule has 0 aromatic carbocycles. The van der Waals surface area contributed by atoms with Crippen LogP contribution in [0.1, 0.15) is 47.4 Å². The first kappa shape index (κ1) is 14.1. The molecule has 0 unspecified atom stereocenters. The highest BCUT2D eigenvalue weighted by Crippen LogP contribution is 2.30. The van der Waals surface area contributed by atoms with Crippen LogP contribution in [0.4, 0.5) is 0 Å². The maximum atomic E-state index is 12.1. The molecule has 0 atom stereocenters. The van der Waals surface area contributed by atoms with Crippen LogP contribution < -0.4 is 5.32 Å². The van der Waals surface area contributed by atoms with E-state index in [4.69, 9.17) is 0 Å². The summed E-state index contributed by atoms with van der Waals surface area (Å²) in [5.41, 5.74) is 1.55. The number of aryl methyl sites for hydroxylation is 2. The van der Waals surface area contributed by atoms with Crippen LogP contribution >= 0.6 is 11.3 Å². The van der Waals surface area contributed by atoms with Gasteiger partial charge in [-0.25, -0.2) is 0 Å². The largest absolute Gasteiger partial charge is 0.342 e. The van der Waals surface area contributed by atoms with Crippen LogP contribution in [0.15, 0.2) is 6.07 Å². The third-order valence-electron chi connectivity index (χ3n) is 4.33. The number of hydrogen-bond acceptors (Lipinski definition) is 3. The van der Waals surface area contributed by atoms with Gasteiger partial charge in [0, 0.05) is 29.4 Å². The molecule has 3 rings (SSSR count). The summed E-state index contributed by atoms with van der Waals surface area (Å²) in [6, 6.07) is 2.33. The van der Waals surface area contributed by atoms with Crippen molar-refractivity contribution in [2.45, 2.75) is 51.5 Å². The Morgan fingerprint density at radius 2 is 1.95 bits per heavy atom. The molecule has 0 bridgehead atoms. The van der Waals surface area contributed by atoms with Crippen LogP contribution in [0.25, 0.3) is 0 Å². The van der Waals surface area contributed by atoms with Crippen molar-refractivity contribution in [3.05, 3.63) is 21.4 Å². The fourth-order valence-corrected chi connectivity index (χ4v) is 4.43. The third-order valence-corrected chi connectivity index (χ3v) is 5.57. The quantitative estimate of drug-likeness (QED) is 0.925. The molecular weight excluding hydrogens is 268 g/mol. The third kappa shape index (κ3) is 3.41. The number of carbonyl (C=O) groups excluding carboxylic acids is 1. The van der Waals surface area contributed by atoms with Crippen molar-refractivity contribution in [2.75, 3.05) is 19.6 Å². The van der Waals surface area contributed by atoms with Gasteiger partial charge in [-0.05, 0) is 43.7 Å². The summed E-state index contributed by atoms with van der Waals surface area (Å²) in [5, 5.41) is 3.33. The van der Waals surface area contributed by atoms with Crippen molar-refractivity contribution in [1.29, 1.82) is 0 Å². The zero-order chi connectivity index (χ0) is 13.8. The minimum absolute atomic E-state index is 0.274. The monoisotopic (exact) mass is 292 g/mol. The first-order valence-corrected chi connectivity index (χ1v) is 8.73. The number of carbonyl (C=O) groups is 1. The molecule has 1 aromatic rings. The lowest BCUT2D eigenvalue weighted by Crippen LogP contribution is -2.38. The number of amides is 1. The lowest BCUT2D eigenvalue weighted by atomic mass is 10.2. The molecule has 1 aliphatic heterocycles. The second kappa shape index (κ2) is 6.72. The smallest absolute Gasteiger partial charge is 0.236 e. The van der Waals surface area contributed by atoms with E-state index in [9.17, 15) is 4.79 Å². The van der Waals surface area contributed by atoms with Gasteiger partial charge in [-0.15, -0.1) is 11.3 Å². The number of rotatable bonds is 4. The van der Waals surface area contributed by atoms with Crippen molar-refractivity contribution < 1.29 is 4.79 Å². The van der Waals surface area contributed by atoms with Crippen LogP contribution in [-0.2, 0) is 24.2 Å². The van der Waals surface area contributed by atoms with Crippen LogP contribution in [0.5, 0.6) is 0 Å². The minimum atomic E-state index is 0.274. The first-order chi connectivity index (χ1) is 9.83. The van der Waals surface area contributed by atoms with E-state index in [0.29, 0.717) is 6.54 Å². The molecule has 0 spiro atoms. The predicted molar refractivity (Wildman–Crippen MR) is 83.1 cm³/mol. The molecule has 1 saturated heterocycles. The van der Waals surface area contributed by atoms with Gasteiger partial charge in [0.15, 0.2) is 0 Å². The maximum Gasteiger partial charge on any atom is 0.236 e. The summed E-state index contributed by atoms with van der Waals surface area (Å²) in [6.07, 6.45) is 8.72. The first-order valence-electron chi connectivity index (χ1n) is 7.92. The summed E-state index contributed by atoms with van der Waals surface area (Å²) in [4.78, 5) is 17.1. The molecule has 3 nitrogen and oxygen atoms in total. The van der Waals surface area contributed by atoms with E-state index in [2.05, 4.69) is 11.4 Å². The molecule has 2 aliphatic rings. The van der Waals surface area contributed by atoms with E-state index < -0.39 is 0 Å². The summed E-state index contributed by atoms with van der Waals surface area (Å²) >= 11 is 1.93. The van der Waals surface area contributed by atoms with E-state index >= 15 is 0 Å². The van der Waals surface area contributed by atoms with E-state index in [-0.39, 0.29) is 5.91 Å². The number of thiophene rings is 1. The molecule has 20 heavy (non-hydrogen) atoms. The van der Waals surface area contributed by atoms with Gasteiger partial charge in [0.1, 0.15) is 0 Å². The van der Waals surface area contributed by atoms with Crippen molar-refractivity contribution in [1.82, 2.24) is 10.2 Å². The summed E-state index contributed by atoms with van der Waals surface area (Å²) in [6.45, 7) is 3.24. The molecule has 0 radical (unpaired) electrons. The van der Waals surface area contributed by atoms with Gasteiger partial charge >= 0.3 is 0 Å². The lowest BCUT2D eigenvalue weighted by molar-refractivity contribution is -0.130. The number of nitrogens with zero attached hydrogens (tertiary/aromatic N) is 1. The molecule has 1 fully saturated rings. The fraction of sp³-hybridized carbons (Fsp3) is 0.688. The molecule has 4 heteroatoms. The summed E-state index contributed by atoms with van der Waals surface area (Å²) in [5.74, 6) is 0.274. The second-order valence-corrected chi connectivity index (χ2v) is 7.13. The SMILES string of the molecule is O=C(CNCc1cc2c(s1)CCC2)N1CCCCCC1. The highest BCUT2D eigenvalue weighted by Gasteiger charge is 2.16. The lowest BCUT2D eigenvalue weighted by Gasteiger charge is -2.20. The molecule has 1 N–H and O–H groups in total. The number of likely N-dealkylation sites (tertiary alicyclic amines) is 1. The number of nitrogens with one attached hydrogen (secondary N) is 1. The highest BCUT2D eigenvalue weighted by molar-refractivity contribution is 7.12. The Bertz CT molecular complexity index is 440. The molecular formula is C16H24N2OS. The molecule has 1 amide bonds. The van der Waals surface area contributed by atoms with E-state index in [1.165, 1.54) is 49.8 Å². The van der Waals surface area contributed by atoms with Crippen molar-refractivity contribution in [3.8, 4) is 0 Å². The highest BCUT2D eigenvalue weighted by atomic mass is 32.1. The van der Waals surface area contributed by atoms with Crippen LogP contribution in [0.2, 0.25) is 0 Å². The van der Waals surface area contributed by atoms with Crippen molar-refractivity contribution in [3.63, 3.8) is 0 Å². The standard InChI is InChI=1S/C16H24N2OS/c19-16(18-8-3-1-2-4-9-18)12-17-11-14-10-13-6-5-7-15(13)20-14/h10,17H,1-9,11-12H2. The average Bonchev–Trinajstić information content (AvgIpc) is 2.90. The van der Waals surface area contributed by atoms with Gasteiger partial charge in [-0.2, -0.15) is 0 Å². The topological polar surface area (TPSA) is 32.3 Å².